The number of carboxylic acid groups (broad SMARTS) is 1. The first-order valence-electron chi connectivity index (χ1n) is 7.43. The van der Waals surface area contributed by atoms with Gasteiger partial charge in [-0.15, -0.1) is 0 Å². The van der Waals surface area contributed by atoms with Crippen molar-refractivity contribution < 1.29 is 19.4 Å². The van der Waals surface area contributed by atoms with Crippen LogP contribution in [0.3, 0.4) is 0 Å². The lowest BCUT2D eigenvalue weighted by molar-refractivity contribution is 0.0483. The van der Waals surface area contributed by atoms with E-state index >= 15 is 0 Å². The Hall–Kier alpha value is -1.75. The molecule has 2 heterocycles. The molecular formula is C16H21NO4. The van der Waals surface area contributed by atoms with E-state index in [2.05, 4.69) is 0 Å². The van der Waals surface area contributed by atoms with Crippen LogP contribution >= 0.6 is 0 Å². The van der Waals surface area contributed by atoms with Gasteiger partial charge in [-0.25, -0.2) is 4.79 Å². The number of rotatable bonds is 4. The summed E-state index contributed by atoms with van der Waals surface area (Å²) in [6.07, 6.45) is 2.78. The largest absolute Gasteiger partial charge is 0.490 e. The van der Waals surface area contributed by atoms with Crippen LogP contribution in [0.1, 0.15) is 31.2 Å². The molecule has 114 valence electrons. The number of amides is 1. The average Bonchev–Trinajstić information content (AvgIpc) is 2.74. The van der Waals surface area contributed by atoms with Gasteiger partial charge in [-0.2, -0.15) is 0 Å². The van der Waals surface area contributed by atoms with Crippen molar-refractivity contribution >= 4 is 6.09 Å². The van der Waals surface area contributed by atoms with E-state index in [0.717, 1.165) is 37.0 Å². The molecule has 1 N–H and O–H groups in total. The summed E-state index contributed by atoms with van der Waals surface area (Å²) in [7, 11) is 1.67. The number of para-hydroxylation sites is 1. The Morgan fingerprint density at radius 2 is 1.95 bits per heavy atom. The van der Waals surface area contributed by atoms with Gasteiger partial charge in [0.2, 0.25) is 0 Å². The third kappa shape index (κ3) is 2.83. The van der Waals surface area contributed by atoms with Crippen LogP contribution in [-0.4, -0.2) is 41.4 Å². The molecule has 5 heteroatoms. The molecule has 0 aliphatic carbocycles. The quantitative estimate of drug-likeness (QED) is 0.926. The fraction of sp³-hybridized carbons (Fsp3) is 0.562. The first kappa shape index (κ1) is 14.2. The molecule has 0 radical (unpaired) electrons. The highest BCUT2D eigenvalue weighted by Crippen LogP contribution is 2.37. The summed E-state index contributed by atoms with van der Waals surface area (Å²) in [6, 6.07) is 8.11. The SMILES string of the molecule is COCc1ccccc1OC1CC2CCC(C1)N2C(=O)O. The fourth-order valence-corrected chi connectivity index (χ4v) is 3.61. The molecule has 0 aromatic heterocycles. The van der Waals surface area contributed by atoms with Crippen LogP contribution < -0.4 is 4.74 Å². The van der Waals surface area contributed by atoms with E-state index in [-0.39, 0.29) is 18.2 Å². The first-order chi connectivity index (χ1) is 10.2. The van der Waals surface area contributed by atoms with Crippen molar-refractivity contribution in [3.63, 3.8) is 0 Å². The lowest BCUT2D eigenvalue weighted by Gasteiger charge is -2.37. The molecule has 21 heavy (non-hydrogen) atoms. The number of benzene rings is 1. The van der Waals surface area contributed by atoms with E-state index in [1.54, 1.807) is 12.0 Å². The minimum atomic E-state index is -0.791. The molecule has 0 saturated carbocycles. The molecule has 2 aliphatic heterocycles. The number of hydrogen-bond donors (Lipinski definition) is 1. The van der Waals surface area contributed by atoms with Gasteiger partial charge in [0, 0.05) is 37.6 Å². The minimum Gasteiger partial charge on any atom is -0.490 e. The molecule has 2 atom stereocenters. The number of hydrogen-bond acceptors (Lipinski definition) is 3. The number of fused-ring (bicyclic) bond motifs is 2. The van der Waals surface area contributed by atoms with Crippen LogP contribution in [0.5, 0.6) is 5.75 Å². The van der Waals surface area contributed by atoms with Gasteiger partial charge in [0.15, 0.2) is 0 Å². The lowest BCUT2D eigenvalue weighted by atomic mass is 10.00. The third-order valence-corrected chi connectivity index (χ3v) is 4.48. The molecular weight excluding hydrogens is 270 g/mol. The van der Waals surface area contributed by atoms with E-state index in [1.165, 1.54) is 0 Å². The Bertz CT molecular complexity index is 505. The topological polar surface area (TPSA) is 59.0 Å². The van der Waals surface area contributed by atoms with Crippen molar-refractivity contribution in [3.05, 3.63) is 29.8 Å². The van der Waals surface area contributed by atoms with Crippen molar-refractivity contribution in [3.8, 4) is 5.75 Å². The highest BCUT2D eigenvalue weighted by Gasteiger charge is 2.44. The molecule has 0 spiro atoms. The Kier molecular flexibility index (Phi) is 4.01. The summed E-state index contributed by atoms with van der Waals surface area (Å²) in [5.74, 6) is 0.854. The molecule has 1 aromatic carbocycles. The van der Waals surface area contributed by atoms with Crippen molar-refractivity contribution in [1.29, 1.82) is 0 Å². The van der Waals surface area contributed by atoms with Gasteiger partial charge in [0.25, 0.3) is 0 Å². The lowest BCUT2D eigenvalue weighted by Crippen LogP contribution is -2.48. The molecule has 2 unspecified atom stereocenters. The van der Waals surface area contributed by atoms with Gasteiger partial charge in [-0.1, -0.05) is 18.2 Å². The summed E-state index contributed by atoms with van der Waals surface area (Å²) in [6.45, 7) is 0.525. The summed E-state index contributed by atoms with van der Waals surface area (Å²) in [5.41, 5.74) is 1.04. The van der Waals surface area contributed by atoms with Gasteiger partial charge in [-0.3, -0.25) is 0 Å². The maximum absolute atomic E-state index is 11.3. The Labute approximate surface area is 124 Å². The van der Waals surface area contributed by atoms with Gasteiger partial charge in [0.1, 0.15) is 11.9 Å². The number of ether oxygens (including phenoxy) is 2. The van der Waals surface area contributed by atoms with Crippen molar-refractivity contribution in [1.82, 2.24) is 4.90 Å². The summed E-state index contributed by atoms with van der Waals surface area (Å²) in [5, 5.41) is 9.28. The van der Waals surface area contributed by atoms with Gasteiger partial charge in [-0.05, 0) is 18.9 Å². The monoisotopic (exact) mass is 291 g/mol. The molecule has 1 amide bonds. The van der Waals surface area contributed by atoms with Crippen LogP contribution in [0.4, 0.5) is 4.79 Å². The second kappa shape index (κ2) is 5.93. The van der Waals surface area contributed by atoms with E-state index in [4.69, 9.17) is 9.47 Å². The van der Waals surface area contributed by atoms with Crippen molar-refractivity contribution in [2.75, 3.05) is 7.11 Å². The Balaban J connectivity index is 1.69. The fourth-order valence-electron chi connectivity index (χ4n) is 3.61. The molecule has 2 aliphatic rings. The van der Waals surface area contributed by atoms with Crippen LogP contribution in [0.2, 0.25) is 0 Å². The molecule has 5 nitrogen and oxygen atoms in total. The first-order valence-corrected chi connectivity index (χ1v) is 7.43. The number of nitrogens with zero attached hydrogens (tertiary/aromatic N) is 1. The van der Waals surface area contributed by atoms with Crippen LogP contribution in [-0.2, 0) is 11.3 Å². The smallest absolute Gasteiger partial charge is 0.407 e. The Morgan fingerprint density at radius 3 is 2.57 bits per heavy atom. The van der Waals surface area contributed by atoms with Gasteiger partial charge < -0.3 is 19.5 Å². The molecule has 3 rings (SSSR count). The second-order valence-corrected chi connectivity index (χ2v) is 5.83. The normalized spacial score (nSPS) is 27.7. The van der Waals surface area contributed by atoms with E-state index in [9.17, 15) is 9.90 Å². The number of carbonyl (C=O) groups is 1. The predicted molar refractivity (Wildman–Crippen MR) is 77.5 cm³/mol. The molecule has 1 aromatic rings. The predicted octanol–water partition coefficient (Wildman–Crippen LogP) is 2.89. The van der Waals surface area contributed by atoms with E-state index < -0.39 is 6.09 Å². The van der Waals surface area contributed by atoms with Crippen LogP contribution in [0, 0.1) is 0 Å². The average molecular weight is 291 g/mol. The number of methoxy groups -OCH3 is 1. The second-order valence-electron chi connectivity index (χ2n) is 5.83. The minimum absolute atomic E-state index is 0.0936. The van der Waals surface area contributed by atoms with Crippen molar-refractivity contribution in [2.24, 2.45) is 0 Å². The summed E-state index contributed by atoms with van der Waals surface area (Å²) < 4.78 is 11.3. The van der Waals surface area contributed by atoms with Crippen molar-refractivity contribution in [2.45, 2.75) is 50.5 Å². The van der Waals surface area contributed by atoms with Gasteiger partial charge >= 0.3 is 6.09 Å². The standard InChI is InChI=1S/C16H21NO4/c1-20-10-11-4-2-3-5-15(11)21-14-8-12-6-7-13(9-14)17(12)16(18)19/h2-5,12-14H,6-10H2,1H3,(H,18,19). The third-order valence-electron chi connectivity index (χ3n) is 4.48. The summed E-state index contributed by atoms with van der Waals surface area (Å²) >= 11 is 0. The van der Waals surface area contributed by atoms with E-state index in [0.29, 0.717) is 6.61 Å². The molecule has 2 saturated heterocycles. The molecule has 2 bridgehead atoms. The molecule has 2 fully saturated rings. The Morgan fingerprint density at radius 1 is 1.29 bits per heavy atom. The van der Waals surface area contributed by atoms with Crippen LogP contribution in [0.15, 0.2) is 24.3 Å². The zero-order valence-corrected chi connectivity index (χ0v) is 12.2. The number of piperidine rings is 1. The summed E-state index contributed by atoms with van der Waals surface area (Å²) in [4.78, 5) is 12.9. The maximum Gasteiger partial charge on any atom is 0.407 e. The zero-order valence-electron chi connectivity index (χ0n) is 12.2. The van der Waals surface area contributed by atoms with Crippen LogP contribution in [0.25, 0.3) is 0 Å². The highest BCUT2D eigenvalue weighted by atomic mass is 16.5. The van der Waals surface area contributed by atoms with E-state index in [1.807, 2.05) is 24.3 Å². The maximum atomic E-state index is 11.3. The highest BCUT2D eigenvalue weighted by molar-refractivity contribution is 5.66. The van der Waals surface area contributed by atoms with Gasteiger partial charge in [0.05, 0.1) is 6.61 Å². The zero-order chi connectivity index (χ0) is 14.8.